The van der Waals surface area contributed by atoms with Crippen molar-refractivity contribution in [2.75, 3.05) is 23.7 Å². The minimum atomic E-state index is -3.89. The van der Waals surface area contributed by atoms with E-state index in [1.54, 1.807) is 36.4 Å². The van der Waals surface area contributed by atoms with E-state index in [-0.39, 0.29) is 30.5 Å². The minimum Gasteiger partial charge on any atom is -0.354 e. The first-order valence-corrected chi connectivity index (χ1v) is 15.6. The third kappa shape index (κ3) is 9.13. The lowest BCUT2D eigenvalue weighted by atomic mass is 10.0. The number of amides is 2. The molecule has 0 bridgehead atoms. The number of hydrogen-bond acceptors (Lipinski definition) is 4. The lowest BCUT2D eigenvalue weighted by molar-refractivity contribution is -0.140. The van der Waals surface area contributed by atoms with E-state index in [9.17, 15) is 18.0 Å². The molecule has 1 atom stereocenters. The van der Waals surface area contributed by atoms with Gasteiger partial charge in [0.05, 0.1) is 11.9 Å². The molecule has 7 nitrogen and oxygen atoms in total. The van der Waals surface area contributed by atoms with Crippen LogP contribution in [0, 0.1) is 5.92 Å². The molecule has 0 fully saturated rings. The summed E-state index contributed by atoms with van der Waals surface area (Å²) in [7, 11) is -3.89. The van der Waals surface area contributed by atoms with Gasteiger partial charge in [0.2, 0.25) is 21.8 Å². The predicted molar refractivity (Wildman–Crippen MR) is 162 cm³/mol. The summed E-state index contributed by atoms with van der Waals surface area (Å²) in [6, 6.07) is 19.5. The number of benzene rings is 3. The second kappa shape index (κ2) is 14.2. The van der Waals surface area contributed by atoms with Gasteiger partial charge in [-0.1, -0.05) is 91.1 Å². The van der Waals surface area contributed by atoms with Crippen LogP contribution < -0.4 is 9.62 Å². The molecule has 3 aromatic carbocycles. The fourth-order valence-corrected chi connectivity index (χ4v) is 5.55. The Morgan fingerprint density at radius 2 is 1.57 bits per heavy atom. The van der Waals surface area contributed by atoms with Gasteiger partial charge in [-0.05, 0) is 47.4 Å². The largest absolute Gasteiger partial charge is 0.354 e. The summed E-state index contributed by atoms with van der Waals surface area (Å²) in [6.07, 6.45) is 1.22. The smallest absolute Gasteiger partial charge is 0.244 e. The Kier molecular flexibility index (Phi) is 11.3. The molecular formula is C29H32Cl3N3O4S. The number of carbonyl (C=O) groups excluding carboxylic acids is 2. The Morgan fingerprint density at radius 3 is 2.17 bits per heavy atom. The molecular weight excluding hydrogens is 593 g/mol. The van der Waals surface area contributed by atoms with Gasteiger partial charge >= 0.3 is 0 Å². The van der Waals surface area contributed by atoms with Gasteiger partial charge < -0.3 is 10.2 Å². The first-order chi connectivity index (χ1) is 18.8. The Hall–Kier alpha value is -2.78. The summed E-state index contributed by atoms with van der Waals surface area (Å²) in [4.78, 5) is 29.0. The second-order valence-electron chi connectivity index (χ2n) is 9.85. The van der Waals surface area contributed by atoms with Gasteiger partial charge in [0.25, 0.3) is 0 Å². The van der Waals surface area contributed by atoms with Crippen molar-refractivity contribution in [2.24, 2.45) is 5.92 Å². The fourth-order valence-electron chi connectivity index (χ4n) is 4.05. The van der Waals surface area contributed by atoms with Crippen LogP contribution in [0.5, 0.6) is 0 Å². The Bertz CT molecular complexity index is 1440. The van der Waals surface area contributed by atoms with Crippen molar-refractivity contribution < 1.29 is 18.0 Å². The molecule has 11 heteroatoms. The van der Waals surface area contributed by atoms with E-state index >= 15 is 0 Å². The minimum absolute atomic E-state index is 0.0470. The lowest BCUT2D eigenvalue weighted by Gasteiger charge is -2.34. The molecule has 40 heavy (non-hydrogen) atoms. The van der Waals surface area contributed by atoms with Crippen molar-refractivity contribution in [1.29, 1.82) is 0 Å². The van der Waals surface area contributed by atoms with E-state index in [2.05, 4.69) is 5.32 Å². The van der Waals surface area contributed by atoms with Gasteiger partial charge in [0.15, 0.2) is 0 Å². The highest BCUT2D eigenvalue weighted by Crippen LogP contribution is 2.26. The number of anilines is 1. The molecule has 0 saturated heterocycles. The van der Waals surface area contributed by atoms with Crippen LogP contribution in [0.1, 0.15) is 25.0 Å². The van der Waals surface area contributed by atoms with Crippen molar-refractivity contribution in [1.82, 2.24) is 10.2 Å². The standard InChI is InChI=1S/C29H32Cl3N3O4S/c1-20(2)17-33-29(37)27(14-21-8-5-4-6-9-21)34(18-22-12-13-24(31)16-26(22)32)28(36)19-35(40(3,38)39)25-11-7-10-23(30)15-25/h4-13,15-16,20,27H,14,17-19H2,1-3H3,(H,33,37)/t27-/m1/s1. The molecule has 0 aromatic heterocycles. The van der Waals surface area contributed by atoms with Crippen molar-refractivity contribution in [3.8, 4) is 0 Å². The van der Waals surface area contributed by atoms with Crippen LogP contribution in [0.4, 0.5) is 5.69 Å². The second-order valence-corrected chi connectivity index (χ2v) is 13.0. The molecule has 0 radical (unpaired) electrons. The molecule has 3 aromatic rings. The zero-order chi connectivity index (χ0) is 29.4. The Morgan fingerprint density at radius 1 is 0.900 bits per heavy atom. The SMILES string of the molecule is CC(C)CNC(=O)[C@@H](Cc1ccccc1)N(Cc1ccc(Cl)cc1Cl)C(=O)CN(c1cccc(Cl)c1)S(C)(=O)=O. The van der Waals surface area contributed by atoms with Crippen molar-refractivity contribution in [3.05, 3.63) is 99.0 Å². The topological polar surface area (TPSA) is 86.8 Å². The molecule has 1 N–H and O–H groups in total. The first-order valence-electron chi connectivity index (χ1n) is 12.6. The van der Waals surface area contributed by atoms with E-state index in [0.717, 1.165) is 16.1 Å². The maximum absolute atomic E-state index is 14.1. The highest BCUT2D eigenvalue weighted by molar-refractivity contribution is 7.92. The quantitative estimate of drug-likeness (QED) is 0.275. The Balaban J connectivity index is 2.07. The van der Waals surface area contributed by atoms with E-state index in [4.69, 9.17) is 34.8 Å². The fraction of sp³-hybridized carbons (Fsp3) is 0.310. The molecule has 0 unspecified atom stereocenters. The van der Waals surface area contributed by atoms with Gasteiger partial charge in [-0.15, -0.1) is 0 Å². The average Bonchev–Trinajstić information content (AvgIpc) is 2.88. The van der Waals surface area contributed by atoms with Crippen LogP contribution in [-0.2, 0) is 32.6 Å². The lowest BCUT2D eigenvalue weighted by Crippen LogP contribution is -2.53. The van der Waals surface area contributed by atoms with E-state index < -0.39 is 28.5 Å². The first kappa shape index (κ1) is 31.7. The van der Waals surface area contributed by atoms with E-state index in [1.165, 1.54) is 11.0 Å². The number of carbonyl (C=O) groups is 2. The van der Waals surface area contributed by atoms with Crippen LogP contribution >= 0.6 is 34.8 Å². The maximum Gasteiger partial charge on any atom is 0.244 e. The van der Waals surface area contributed by atoms with Crippen molar-refractivity contribution in [3.63, 3.8) is 0 Å². The van der Waals surface area contributed by atoms with E-state index in [0.29, 0.717) is 27.2 Å². The molecule has 0 spiro atoms. The van der Waals surface area contributed by atoms with Crippen LogP contribution in [0.25, 0.3) is 0 Å². The number of rotatable bonds is 12. The molecule has 0 aliphatic rings. The number of nitrogens with one attached hydrogen (secondary N) is 1. The third-order valence-electron chi connectivity index (χ3n) is 6.09. The zero-order valence-corrected chi connectivity index (χ0v) is 25.6. The summed E-state index contributed by atoms with van der Waals surface area (Å²) in [5.74, 6) is -0.763. The highest BCUT2D eigenvalue weighted by atomic mass is 35.5. The summed E-state index contributed by atoms with van der Waals surface area (Å²) in [5.41, 5.74) is 1.63. The van der Waals surface area contributed by atoms with Gasteiger partial charge in [0, 0.05) is 34.6 Å². The van der Waals surface area contributed by atoms with Crippen LogP contribution in [-0.4, -0.2) is 50.5 Å². The number of hydrogen-bond donors (Lipinski definition) is 1. The number of halogens is 3. The van der Waals surface area contributed by atoms with Crippen molar-refractivity contribution in [2.45, 2.75) is 32.9 Å². The number of nitrogens with zero attached hydrogens (tertiary/aromatic N) is 2. The van der Waals surface area contributed by atoms with Crippen LogP contribution in [0.3, 0.4) is 0 Å². The van der Waals surface area contributed by atoms with E-state index in [1.807, 2.05) is 44.2 Å². The molecule has 0 saturated carbocycles. The summed E-state index contributed by atoms with van der Waals surface area (Å²) < 4.78 is 26.6. The molecule has 214 valence electrons. The number of sulfonamides is 1. The van der Waals surface area contributed by atoms with Crippen LogP contribution in [0.15, 0.2) is 72.8 Å². The highest BCUT2D eigenvalue weighted by Gasteiger charge is 2.33. The maximum atomic E-state index is 14.1. The summed E-state index contributed by atoms with van der Waals surface area (Å²) in [5, 5.41) is 3.99. The van der Waals surface area contributed by atoms with Crippen LogP contribution in [0.2, 0.25) is 15.1 Å². The normalized spacial score (nSPS) is 12.2. The van der Waals surface area contributed by atoms with Gasteiger partial charge in [-0.2, -0.15) is 0 Å². The van der Waals surface area contributed by atoms with Gasteiger partial charge in [0.1, 0.15) is 12.6 Å². The summed E-state index contributed by atoms with van der Waals surface area (Å²) in [6.45, 7) is 3.75. The van der Waals surface area contributed by atoms with Gasteiger partial charge in [-0.3, -0.25) is 13.9 Å². The molecule has 2 amide bonds. The summed E-state index contributed by atoms with van der Waals surface area (Å²) >= 11 is 18.7. The molecule has 0 heterocycles. The zero-order valence-electron chi connectivity index (χ0n) is 22.5. The van der Waals surface area contributed by atoms with Crippen molar-refractivity contribution >= 4 is 62.3 Å². The molecule has 0 aliphatic carbocycles. The predicted octanol–water partition coefficient (Wildman–Crippen LogP) is 5.83. The monoisotopic (exact) mass is 623 g/mol. The average molecular weight is 625 g/mol. The molecule has 3 rings (SSSR count). The van der Waals surface area contributed by atoms with Gasteiger partial charge in [-0.25, -0.2) is 8.42 Å². The third-order valence-corrected chi connectivity index (χ3v) is 8.05. The Labute approximate surface area is 251 Å². The molecule has 0 aliphatic heterocycles.